The third-order valence-corrected chi connectivity index (χ3v) is 6.28. The molecule has 23 heavy (non-hydrogen) atoms. The van der Waals surface area contributed by atoms with Gasteiger partial charge < -0.3 is 15.0 Å². The highest BCUT2D eigenvalue weighted by Gasteiger charge is 2.62. The number of carbonyl (C=O) groups excluding carboxylic acids is 1. The smallest absolute Gasteiger partial charge is 0.321 e. The molecule has 1 aromatic rings. The summed E-state index contributed by atoms with van der Waals surface area (Å²) in [4.78, 5) is 14.4. The Kier molecular flexibility index (Phi) is 4.87. The summed E-state index contributed by atoms with van der Waals surface area (Å²) in [5.41, 5.74) is 2.56. The van der Waals surface area contributed by atoms with Crippen LogP contribution in [0.25, 0.3) is 0 Å². The fraction of sp³-hybridized carbons (Fsp3) is 0.611. The average Bonchev–Trinajstić information content (AvgIpc) is 2.91. The minimum Gasteiger partial charge on any atom is -0.384 e. The van der Waals surface area contributed by atoms with Gasteiger partial charge in [0.2, 0.25) is 0 Å². The number of anilines is 1. The number of fused-ring (bicyclic) bond motifs is 1. The summed E-state index contributed by atoms with van der Waals surface area (Å²) >= 11 is 1.84. The van der Waals surface area contributed by atoms with Crippen LogP contribution in [0.2, 0.25) is 0 Å². The molecule has 0 spiro atoms. The van der Waals surface area contributed by atoms with Crippen LogP contribution in [0.3, 0.4) is 0 Å². The van der Waals surface area contributed by atoms with Crippen molar-refractivity contribution in [3.05, 3.63) is 29.8 Å². The molecule has 4 nitrogen and oxygen atoms in total. The van der Waals surface area contributed by atoms with Crippen molar-refractivity contribution < 1.29 is 9.53 Å². The molecule has 1 aromatic carbocycles. The lowest BCUT2D eigenvalue weighted by Gasteiger charge is -2.22. The van der Waals surface area contributed by atoms with Crippen LogP contribution in [0, 0.1) is 17.3 Å². The Labute approximate surface area is 143 Å². The van der Waals surface area contributed by atoms with Crippen molar-refractivity contribution in [3.8, 4) is 0 Å². The minimum atomic E-state index is 0.0391. The first-order valence-corrected chi connectivity index (χ1v) is 9.39. The van der Waals surface area contributed by atoms with Gasteiger partial charge in [0.15, 0.2) is 0 Å². The predicted molar refractivity (Wildman–Crippen MR) is 95.8 cm³/mol. The topological polar surface area (TPSA) is 41.6 Å². The summed E-state index contributed by atoms with van der Waals surface area (Å²) in [5.74, 6) is 3.31. The van der Waals surface area contributed by atoms with E-state index in [-0.39, 0.29) is 6.03 Å². The van der Waals surface area contributed by atoms with Gasteiger partial charge in [-0.2, -0.15) is 11.8 Å². The van der Waals surface area contributed by atoms with E-state index in [0.717, 1.165) is 36.9 Å². The maximum absolute atomic E-state index is 12.4. The number of methoxy groups -OCH3 is 1. The number of nitrogens with zero attached hydrogens (tertiary/aromatic N) is 1. The molecule has 2 fully saturated rings. The molecule has 1 saturated carbocycles. The number of nitrogens with one attached hydrogen (secondary N) is 1. The van der Waals surface area contributed by atoms with Gasteiger partial charge in [0.25, 0.3) is 0 Å². The molecule has 1 saturated heterocycles. The number of thioether (sulfide) groups is 1. The van der Waals surface area contributed by atoms with E-state index in [1.54, 1.807) is 7.11 Å². The van der Waals surface area contributed by atoms with Crippen LogP contribution in [0.1, 0.15) is 19.4 Å². The zero-order valence-electron chi connectivity index (χ0n) is 14.2. The van der Waals surface area contributed by atoms with Gasteiger partial charge in [-0.15, -0.1) is 0 Å². The normalized spacial score (nSPS) is 24.4. The first-order valence-electron chi connectivity index (χ1n) is 8.24. The minimum absolute atomic E-state index is 0.0391. The molecule has 126 valence electrons. The molecule has 1 N–H and O–H groups in total. The highest BCUT2D eigenvalue weighted by molar-refractivity contribution is 7.98. The fourth-order valence-corrected chi connectivity index (χ4v) is 4.42. The van der Waals surface area contributed by atoms with Gasteiger partial charge in [-0.3, -0.25) is 0 Å². The van der Waals surface area contributed by atoms with E-state index in [1.165, 1.54) is 5.56 Å². The number of hydrogen-bond acceptors (Lipinski definition) is 3. The maximum atomic E-state index is 12.4. The summed E-state index contributed by atoms with van der Waals surface area (Å²) in [6, 6.07) is 8.17. The largest absolute Gasteiger partial charge is 0.384 e. The molecule has 1 aliphatic carbocycles. The highest BCUT2D eigenvalue weighted by atomic mass is 32.2. The van der Waals surface area contributed by atoms with E-state index < -0.39 is 0 Å². The van der Waals surface area contributed by atoms with Crippen molar-refractivity contribution in [3.63, 3.8) is 0 Å². The van der Waals surface area contributed by atoms with E-state index in [1.807, 2.05) is 28.8 Å². The van der Waals surface area contributed by atoms with Gasteiger partial charge >= 0.3 is 6.03 Å². The third-order valence-electron chi connectivity index (χ3n) is 5.29. The van der Waals surface area contributed by atoms with E-state index >= 15 is 0 Å². The Morgan fingerprint density at radius 3 is 2.83 bits per heavy atom. The summed E-state index contributed by atoms with van der Waals surface area (Å²) in [5, 5.41) is 3.05. The Balaban J connectivity index is 1.49. The van der Waals surface area contributed by atoms with Gasteiger partial charge in [-0.05, 0) is 34.9 Å². The number of likely N-dealkylation sites (tertiary alicyclic amines) is 1. The Morgan fingerprint density at radius 1 is 1.39 bits per heavy atom. The van der Waals surface area contributed by atoms with Crippen molar-refractivity contribution in [2.24, 2.45) is 17.3 Å². The number of piperidine rings is 1. The summed E-state index contributed by atoms with van der Waals surface area (Å²) in [6.45, 7) is 7.19. The van der Waals surface area contributed by atoms with Crippen molar-refractivity contribution in [2.45, 2.75) is 19.6 Å². The van der Waals surface area contributed by atoms with Gasteiger partial charge in [0.05, 0.1) is 6.61 Å². The van der Waals surface area contributed by atoms with Gasteiger partial charge in [0.1, 0.15) is 0 Å². The van der Waals surface area contributed by atoms with Crippen LogP contribution < -0.4 is 5.32 Å². The molecule has 1 aliphatic heterocycles. The zero-order chi connectivity index (χ0) is 16.4. The van der Waals surface area contributed by atoms with Crippen LogP contribution >= 0.6 is 11.8 Å². The first kappa shape index (κ1) is 16.7. The van der Waals surface area contributed by atoms with Crippen molar-refractivity contribution in [2.75, 3.05) is 37.9 Å². The maximum Gasteiger partial charge on any atom is 0.321 e. The molecule has 0 aromatic heterocycles. The number of benzene rings is 1. The summed E-state index contributed by atoms with van der Waals surface area (Å²) < 4.78 is 5.06. The number of ether oxygens (including phenoxy) is 1. The Morgan fingerprint density at radius 2 is 2.13 bits per heavy atom. The molecule has 2 aliphatic rings. The molecular weight excluding hydrogens is 308 g/mol. The SMILES string of the molecule is COCCSCc1cccc(NC(=O)N2CC3C(C2)C3(C)C)c1. The van der Waals surface area contributed by atoms with E-state index in [4.69, 9.17) is 4.74 Å². The van der Waals surface area contributed by atoms with Crippen molar-refractivity contribution in [1.29, 1.82) is 0 Å². The summed E-state index contributed by atoms with van der Waals surface area (Å²) in [7, 11) is 1.72. The molecular formula is C18H26N2O2S. The van der Waals surface area contributed by atoms with Crippen molar-refractivity contribution >= 4 is 23.5 Å². The molecule has 0 radical (unpaired) electrons. The lowest BCUT2D eigenvalue weighted by Crippen LogP contribution is -2.36. The average molecular weight is 334 g/mol. The van der Waals surface area contributed by atoms with E-state index in [0.29, 0.717) is 17.3 Å². The highest BCUT2D eigenvalue weighted by Crippen LogP contribution is 2.61. The molecule has 1 heterocycles. The molecule has 0 bridgehead atoms. The molecule has 3 rings (SSSR count). The van der Waals surface area contributed by atoms with Gasteiger partial charge in [0, 0.05) is 37.4 Å². The number of amides is 2. The third kappa shape index (κ3) is 3.66. The fourth-order valence-electron chi connectivity index (χ4n) is 3.57. The number of rotatable bonds is 6. The Hall–Kier alpha value is -1.20. The zero-order valence-corrected chi connectivity index (χ0v) is 15.0. The molecule has 2 atom stereocenters. The van der Waals surface area contributed by atoms with Crippen molar-refractivity contribution in [1.82, 2.24) is 4.90 Å². The molecule has 2 amide bonds. The number of carbonyl (C=O) groups is 1. The van der Waals surface area contributed by atoms with Crippen LogP contribution in [0.4, 0.5) is 10.5 Å². The number of hydrogen-bond donors (Lipinski definition) is 1. The number of urea groups is 1. The second-order valence-electron chi connectivity index (χ2n) is 7.12. The lowest BCUT2D eigenvalue weighted by molar-refractivity contribution is 0.209. The second kappa shape index (κ2) is 6.73. The van der Waals surface area contributed by atoms with Crippen LogP contribution in [0.5, 0.6) is 0 Å². The van der Waals surface area contributed by atoms with Gasteiger partial charge in [-0.25, -0.2) is 4.79 Å². The van der Waals surface area contributed by atoms with Gasteiger partial charge in [-0.1, -0.05) is 26.0 Å². The monoisotopic (exact) mass is 334 g/mol. The van der Waals surface area contributed by atoms with Crippen LogP contribution in [-0.4, -0.2) is 43.5 Å². The predicted octanol–water partition coefficient (Wildman–Crippen LogP) is 3.69. The lowest BCUT2D eigenvalue weighted by atomic mass is 10.1. The van der Waals surface area contributed by atoms with E-state index in [2.05, 4.69) is 31.3 Å². The summed E-state index contributed by atoms with van der Waals surface area (Å²) in [6.07, 6.45) is 0. The van der Waals surface area contributed by atoms with Crippen LogP contribution in [0.15, 0.2) is 24.3 Å². The molecule has 2 unspecified atom stereocenters. The van der Waals surface area contributed by atoms with Crippen LogP contribution in [-0.2, 0) is 10.5 Å². The first-order chi connectivity index (χ1) is 11.0. The standard InChI is InChI=1S/C18H26N2O2S/c1-18(2)15-10-20(11-16(15)18)17(21)19-14-6-4-5-13(9-14)12-23-8-7-22-3/h4-6,9,15-16H,7-8,10-12H2,1-3H3,(H,19,21). The Bertz CT molecular complexity index is 562. The quantitative estimate of drug-likeness (QED) is 0.807. The molecule has 5 heteroatoms. The van der Waals surface area contributed by atoms with E-state index in [9.17, 15) is 4.79 Å². The second-order valence-corrected chi connectivity index (χ2v) is 8.22.